The highest BCUT2D eigenvalue weighted by Gasteiger charge is 2.48. The van der Waals surface area contributed by atoms with E-state index in [1.54, 1.807) is 17.5 Å². The van der Waals surface area contributed by atoms with E-state index in [-0.39, 0.29) is 12.6 Å². The van der Waals surface area contributed by atoms with E-state index in [2.05, 4.69) is 5.32 Å². The fraction of sp³-hybridized carbons (Fsp3) is 0.667. The Morgan fingerprint density at radius 1 is 1.26 bits per heavy atom. The largest absolute Gasteiger partial charge is 0.471 e. The lowest BCUT2D eigenvalue weighted by Crippen LogP contribution is -2.51. The van der Waals surface area contributed by atoms with Crippen LogP contribution in [0, 0.1) is 0 Å². The van der Waals surface area contributed by atoms with Crippen LogP contribution >= 0.6 is 11.3 Å². The molecule has 9 heteroatoms. The van der Waals surface area contributed by atoms with Crippen molar-refractivity contribution in [2.45, 2.75) is 62.9 Å². The van der Waals surface area contributed by atoms with Gasteiger partial charge in [-0.2, -0.15) is 13.2 Å². The molecule has 2 amide bonds. The minimum absolute atomic E-state index is 0.0504. The quantitative estimate of drug-likeness (QED) is 0.791. The predicted molar refractivity (Wildman–Crippen MR) is 94.2 cm³/mol. The highest BCUT2D eigenvalue weighted by molar-refractivity contribution is 7.10. The SMILES string of the molecule is O=C(NC1CCCC1)[C@H](c1cccs1)N(C[C@@H]1CCCO1)C(=O)C(F)(F)F. The number of carbonyl (C=O) groups excluding carboxylic acids is 2. The minimum Gasteiger partial charge on any atom is -0.376 e. The molecule has 1 aromatic rings. The van der Waals surface area contributed by atoms with Crippen molar-refractivity contribution in [1.82, 2.24) is 10.2 Å². The number of rotatable bonds is 6. The van der Waals surface area contributed by atoms with Crippen LogP contribution in [0.4, 0.5) is 13.2 Å². The van der Waals surface area contributed by atoms with Crippen LogP contribution in [0.1, 0.15) is 49.4 Å². The molecule has 2 fully saturated rings. The first-order valence-electron chi connectivity index (χ1n) is 9.19. The van der Waals surface area contributed by atoms with E-state index in [0.29, 0.717) is 22.8 Å². The molecule has 0 radical (unpaired) electrons. The van der Waals surface area contributed by atoms with E-state index in [1.807, 2.05) is 0 Å². The van der Waals surface area contributed by atoms with Gasteiger partial charge in [0.1, 0.15) is 6.04 Å². The molecule has 0 aromatic carbocycles. The maximum Gasteiger partial charge on any atom is 0.471 e. The molecule has 1 N–H and O–H groups in total. The molecule has 27 heavy (non-hydrogen) atoms. The molecule has 0 spiro atoms. The number of nitrogens with one attached hydrogen (secondary N) is 1. The van der Waals surface area contributed by atoms with Crippen molar-refractivity contribution < 1.29 is 27.5 Å². The van der Waals surface area contributed by atoms with Crippen molar-refractivity contribution >= 4 is 23.2 Å². The summed E-state index contributed by atoms with van der Waals surface area (Å²) < 4.78 is 45.3. The summed E-state index contributed by atoms with van der Waals surface area (Å²) >= 11 is 1.17. The molecular formula is C18H23F3N2O3S. The Kier molecular flexibility index (Phi) is 6.41. The van der Waals surface area contributed by atoms with Gasteiger partial charge in [-0.25, -0.2) is 0 Å². The summed E-state index contributed by atoms with van der Waals surface area (Å²) in [5.74, 6) is -2.56. The molecule has 1 aliphatic heterocycles. The van der Waals surface area contributed by atoms with Gasteiger partial charge in [-0.1, -0.05) is 18.9 Å². The Morgan fingerprint density at radius 3 is 2.56 bits per heavy atom. The fourth-order valence-corrected chi connectivity index (χ4v) is 4.53. The number of carbonyl (C=O) groups is 2. The molecule has 2 heterocycles. The first kappa shape index (κ1) is 20.1. The smallest absolute Gasteiger partial charge is 0.376 e. The van der Waals surface area contributed by atoms with Gasteiger partial charge < -0.3 is 15.0 Å². The average Bonchev–Trinajstić information content (AvgIpc) is 3.36. The van der Waals surface area contributed by atoms with Gasteiger partial charge in [0.15, 0.2) is 0 Å². The summed E-state index contributed by atoms with van der Waals surface area (Å²) in [5, 5.41) is 4.53. The third kappa shape index (κ3) is 5.01. The summed E-state index contributed by atoms with van der Waals surface area (Å²) in [6.45, 7) is 0.204. The second kappa shape index (κ2) is 8.60. The normalized spacial score (nSPS) is 22.0. The van der Waals surface area contributed by atoms with Crippen molar-refractivity contribution in [3.8, 4) is 0 Å². The lowest BCUT2D eigenvalue weighted by atomic mass is 10.1. The number of halogens is 3. The van der Waals surface area contributed by atoms with Gasteiger partial charge in [-0.15, -0.1) is 11.3 Å². The van der Waals surface area contributed by atoms with Crippen LogP contribution in [0.15, 0.2) is 17.5 Å². The van der Waals surface area contributed by atoms with Crippen molar-refractivity contribution in [2.75, 3.05) is 13.2 Å². The molecule has 0 bridgehead atoms. The first-order valence-corrected chi connectivity index (χ1v) is 10.1. The van der Waals surface area contributed by atoms with Crippen LogP contribution in [-0.4, -0.2) is 48.2 Å². The predicted octanol–water partition coefficient (Wildman–Crippen LogP) is 3.42. The van der Waals surface area contributed by atoms with Gasteiger partial charge in [0, 0.05) is 24.1 Å². The zero-order valence-electron chi connectivity index (χ0n) is 14.8. The number of alkyl halides is 3. The van der Waals surface area contributed by atoms with Gasteiger partial charge in [0.25, 0.3) is 0 Å². The Labute approximate surface area is 159 Å². The first-order chi connectivity index (χ1) is 12.9. The van der Waals surface area contributed by atoms with Crippen LogP contribution in [-0.2, 0) is 14.3 Å². The number of ether oxygens (including phenoxy) is 1. The Bertz CT molecular complexity index is 639. The molecule has 1 aliphatic carbocycles. The van der Waals surface area contributed by atoms with Gasteiger partial charge in [-0.3, -0.25) is 9.59 Å². The van der Waals surface area contributed by atoms with Crippen LogP contribution < -0.4 is 5.32 Å². The standard InChI is InChI=1S/C18H23F3N2O3S/c19-18(20,21)17(25)23(11-13-7-3-9-26-13)15(14-8-4-10-27-14)16(24)22-12-5-1-2-6-12/h4,8,10,12-13,15H,1-3,5-7,9,11H2,(H,22,24)/t13-,15-/m0/s1. The van der Waals surface area contributed by atoms with Crippen molar-refractivity contribution in [2.24, 2.45) is 0 Å². The summed E-state index contributed by atoms with van der Waals surface area (Å²) in [6, 6.07) is 1.91. The summed E-state index contributed by atoms with van der Waals surface area (Å²) in [5.41, 5.74) is 0. The lowest BCUT2D eigenvalue weighted by Gasteiger charge is -2.33. The molecule has 2 atom stereocenters. The van der Waals surface area contributed by atoms with E-state index in [1.165, 1.54) is 11.3 Å². The van der Waals surface area contributed by atoms with Crippen molar-refractivity contribution in [3.63, 3.8) is 0 Å². The third-order valence-electron chi connectivity index (χ3n) is 5.00. The zero-order chi connectivity index (χ0) is 19.4. The van der Waals surface area contributed by atoms with Gasteiger partial charge in [0.05, 0.1) is 6.10 Å². The Hall–Kier alpha value is -1.61. The number of amides is 2. The van der Waals surface area contributed by atoms with E-state index >= 15 is 0 Å². The number of thiophene rings is 1. The number of nitrogens with zero attached hydrogens (tertiary/aromatic N) is 1. The summed E-state index contributed by atoms with van der Waals surface area (Å²) in [7, 11) is 0. The van der Waals surface area contributed by atoms with Crippen LogP contribution in [0.2, 0.25) is 0 Å². The Morgan fingerprint density at radius 2 is 2.00 bits per heavy atom. The molecule has 150 valence electrons. The van der Waals surface area contributed by atoms with Gasteiger partial charge in [-0.05, 0) is 37.1 Å². The topological polar surface area (TPSA) is 58.6 Å². The Balaban J connectivity index is 1.88. The minimum atomic E-state index is -5.05. The van der Waals surface area contributed by atoms with Crippen LogP contribution in [0.3, 0.4) is 0 Å². The van der Waals surface area contributed by atoms with Crippen LogP contribution in [0.5, 0.6) is 0 Å². The van der Waals surface area contributed by atoms with Gasteiger partial charge in [0.2, 0.25) is 5.91 Å². The molecule has 1 aromatic heterocycles. The van der Waals surface area contributed by atoms with Crippen molar-refractivity contribution in [1.29, 1.82) is 0 Å². The van der Waals surface area contributed by atoms with E-state index in [4.69, 9.17) is 4.74 Å². The molecular weight excluding hydrogens is 381 g/mol. The highest BCUT2D eigenvalue weighted by Crippen LogP contribution is 2.32. The number of hydrogen-bond donors (Lipinski definition) is 1. The molecule has 1 saturated carbocycles. The lowest BCUT2D eigenvalue weighted by molar-refractivity contribution is -0.190. The van der Waals surface area contributed by atoms with Crippen LogP contribution in [0.25, 0.3) is 0 Å². The second-order valence-electron chi connectivity index (χ2n) is 7.00. The molecule has 1 saturated heterocycles. The summed E-state index contributed by atoms with van der Waals surface area (Å²) in [4.78, 5) is 26.2. The second-order valence-corrected chi connectivity index (χ2v) is 7.98. The third-order valence-corrected chi connectivity index (χ3v) is 5.93. The maximum atomic E-state index is 13.3. The van der Waals surface area contributed by atoms with E-state index in [0.717, 1.165) is 32.1 Å². The maximum absolute atomic E-state index is 13.3. The van der Waals surface area contributed by atoms with Crippen molar-refractivity contribution in [3.05, 3.63) is 22.4 Å². The van der Waals surface area contributed by atoms with E-state index < -0.39 is 30.1 Å². The van der Waals surface area contributed by atoms with Gasteiger partial charge >= 0.3 is 12.1 Å². The molecule has 2 aliphatic rings. The average molecular weight is 404 g/mol. The highest BCUT2D eigenvalue weighted by atomic mass is 32.1. The zero-order valence-corrected chi connectivity index (χ0v) is 15.7. The molecule has 5 nitrogen and oxygen atoms in total. The monoisotopic (exact) mass is 404 g/mol. The molecule has 3 rings (SSSR count). The van der Waals surface area contributed by atoms with E-state index in [9.17, 15) is 22.8 Å². The fourth-order valence-electron chi connectivity index (χ4n) is 3.70. The number of hydrogen-bond acceptors (Lipinski definition) is 4. The molecule has 0 unspecified atom stereocenters. The summed E-state index contributed by atoms with van der Waals surface area (Å²) in [6.07, 6.45) is -0.658.